The molecule has 0 amide bonds. The molecular formula is C16H15BrClF2N5. The van der Waals surface area contributed by atoms with Gasteiger partial charge in [-0.25, -0.2) is 13.3 Å². The summed E-state index contributed by atoms with van der Waals surface area (Å²) in [6.45, 7) is 1.74. The molecule has 0 aliphatic carbocycles. The second kappa shape index (κ2) is 7.61. The van der Waals surface area contributed by atoms with Crippen LogP contribution in [0.5, 0.6) is 0 Å². The molecule has 0 bridgehead atoms. The second-order valence-electron chi connectivity index (χ2n) is 5.63. The van der Waals surface area contributed by atoms with E-state index in [4.69, 9.17) is 11.6 Å². The first-order chi connectivity index (χ1) is 12.0. The molecule has 25 heavy (non-hydrogen) atoms. The first kappa shape index (κ1) is 18.0. The van der Waals surface area contributed by atoms with Crippen LogP contribution in [0.3, 0.4) is 0 Å². The summed E-state index contributed by atoms with van der Waals surface area (Å²) >= 11 is 9.47. The zero-order valence-corrected chi connectivity index (χ0v) is 15.7. The maximum absolute atomic E-state index is 13.7. The largest absolute Gasteiger partial charge is 0.364 e. The Labute approximate surface area is 156 Å². The lowest BCUT2D eigenvalue weighted by Crippen LogP contribution is -2.07. The number of rotatable bonds is 6. The van der Waals surface area contributed by atoms with Crippen LogP contribution in [0.25, 0.3) is 5.52 Å². The molecule has 0 spiro atoms. The topological polar surface area (TPSA) is 55.1 Å². The molecule has 3 aromatic heterocycles. The maximum Gasteiger partial charge on any atom is 0.243 e. The number of alkyl halides is 1. The van der Waals surface area contributed by atoms with Gasteiger partial charge in [0, 0.05) is 18.3 Å². The van der Waals surface area contributed by atoms with Crippen LogP contribution in [0.2, 0.25) is 5.28 Å². The molecule has 0 fully saturated rings. The number of nitrogens with zero attached hydrogens (tertiary/aromatic N) is 4. The summed E-state index contributed by atoms with van der Waals surface area (Å²) in [5.41, 5.74) is 2.03. The summed E-state index contributed by atoms with van der Waals surface area (Å²) in [6.07, 6.45) is 2.74. The van der Waals surface area contributed by atoms with E-state index < -0.39 is 12.0 Å². The minimum atomic E-state index is -0.892. The van der Waals surface area contributed by atoms with Crippen LogP contribution in [0.1, 0.15) is 24.5 Å². The van der Waals surface area contributed by atoms with E-state index in [0.29, 0.717) is 34.3 Å². The van der Waals surface area contributed by atoms with Crippen LogP contribution < -0.4 is 5.32 Å². The van der Waals surface area contributed by atoms with E-state index in [2.05, 4.69) is 36.3 Å². The van der Waals surface area contributed by atoms with Crippen LogP contribution in [0, 0.1) is 5.82 Å². The number of anilines is 1. The molecule has 0 aliphatic rings. The number of hydrogen-bond donors (Lipinski definition) is 1. The van der Waals surface area contributed by atoms with Gasteiger partial charge < -0.3 is 5.32 Å². The lowest BCUT2D eigenvalue weighted by Gasteiger charge is -2.08. The highest BCUT2D eigenvalue weighted by molar-refractivity contribution is 9.10. The van der Waals surface area contributed by atoms with E-state index in [1.54, 1.807) is 10.6 Å². The van der Waals surface area contributed by atoms with E-state index in [-0.39, 0.29) is 11.8 Å². The van der Waals surface area contributed by atoms with Gasteiger partial charge in [0.05, 0.1) is 12.4 Å². The number of aromatic nitrogens is 4. The molecule has 3 heterocycles. The predicted molar refractivity (Wildman–Crippen MR) is 96.1 cm³/mol. The molecule has 3 aromatic rings. The number of nitrogens with one attached hydrogen (secondary N) is 1. The minimum Gasteiger partial charge on any atom is -0.364 e. The number of aryl methyl sites for hydroxylation is 1. The van der Waals surface area contributed by atoms with Crippen LogP contribution in [-0.4, -0.2) is 25.8 Å². The van der Waals surface area contributed by atoms with Gasteiger partial charge >= 0.3 is 0 Å². The maximum atomic E-state index is 13.7. The Morgan fingerprint density at radius 1 is 1.40 bits per heavy atom. The van der Waals surface area contributed by atoms with Crippen LogP contribution in [-0.2, 0) is 13.0 Å². The van der Waals surface area contributed by atoms with Gasteiger partial charge in [0.25, 0.3) is 0 Å². The molecule has 1 unspecified atom stereocenters. The number of halogens is 4. The van der Waals surface area contributed by atoms with Crippen molar-refractivity contribution < 1.29 is 8.78 Å². The third-order valence-corrected chi connectivity index (χ3v) is 4.74. The highest BCUT2D eigenvalue weighted by Crippen LogP contribution is 2.28. The normalized spacial score (nSPS) is 12.5. The van der Waals surface area contributed by atoms with Crippen LogP contribution in [0.4, 0.5) is 14.6 Å². The number of fused-ring (bicyclic) bond motifs is 1. The van der Waals surface area contributed by atoms with Gasteiger partial charge in [0.2, 0.25) is 5.28 Å². The molecule has 0 saturated carbocycles. The highest BCUT2D eigenvalue weighted by atomic mass is 79.9. The Morgan fingerprint density at radius 2 is 2.20 bits per heavy atom. The van der Waals surface area contributed by atoms with Crippen molar-refractivity contribution in [3.05, 3.63) is 51.4 Å². The number of pyridine rings is 1. The summed E-state index contributed by atoms with van der Waals surface area (Å²) in [6, 6.07) is 3.46. The van der Waals surface area contributed by atoms with E-state index in [1.165, 1.54) is 13.1 Å². The molecule has 0 aromatic carbocycles. The molecule has 132 valence electrons. The van der Waals surface area contributed by atoms with Crippen molar-refractivity contribution in [2.24, 2.45) is 0 Å². The van der Waals surface area contributed by atoms with Crippen molar-refractivity contribution >= 4 is 38.9 Å². The van der Waals surface area contributed by atoms with Crippen molar-refractivity contribution in [1.82, 2.24) is 19.6 Å². The molecule has 1 atom stereocenters. The van der Waals surface area contributed by atoms with Gasteiger partial charge in [-0.1, -0.05) is 0 Å². The second-order valence-corrected chi connectivity index (χ2v) is 6.72. The molecule has 0 saturated heterocycles. The monoisotopic (exact) mass is 429 g/mol. The summed E-state index contributed by atoms with van der Waals surface area (Å²) in [5, 5.41) is 7.28. The Balaban J connectivity index is 1.92. The van der Waals surface area contributed by atoms with Gasteiger partial charge in [0.15, 0.2) is 5.82 Å². The minimum absolute atomic E-state index is 0.0481. The van der Waals surface area contributed by atoms with Gasteiger partial charge in [0.1, 0.15) is 15.9 Å². The lowest BCUT2D eigenvalue weighted by atomic mass is 10.1. The zero-order valence-electron chi connectivity index (χ0n) is 13.3. The molecule has 5 nitrogen and oxygen atoms in total. The van der Waals surface area contributed by atoms with Crippen molar-refractivity contribution in [3.63, 3.8) is 0 Å². The first-order valence-electron chi connectivity index (χ1n) is 7.65. The smallest absolute Gasteiger partial charge is 0.243 e. The molecule has 1 N–H and O–H groups in total. The van der Waals surface area contributed by atoms with E-state index in [1.807, 2.05) is 6.07 Å². The fourth-order valence-electron chi connectivity index (χ4n) is 2.43. The third-order valence-electron chi connectivity index (χ3n) is 3.73. The molecule has 0 aliphatic heterocycles. The Hall–Kier alpha value is -1.80. The lowest BCUT2D eigenvalue weighted by molar-refractivity contribution is 0.341. The summed E-state index contributed by atoms with van der Waals surface area (Å²) < 4.78 is 29.2. The van der Waals surface area contributed by atoms with E-state index >= 15 is 0 Å². The molecular weight excluding hydrogens is 416 g/mol. The highest BCUT2D eigenvalue weighted by Gasteiger charge is 2.15. The molecule has 0 radical (unpaired) electrons. The Morgan fingerprint density at radius 3 is 2.92 bits per heavy atom. The predicted octanol–water partition coefficient (Wildman–Crippen LogP) is 4.58. The number of hydrogen-bond acceptors (Lipinski definition) is 4. The zero-order chi connectivity index (χ0) is 18.0. The third kappa shape index (κ3) is 4.07. The summed E-state index contributed by atoms with van der Waals surface area (Å²) in [7, 11) is 0. The summed E-state index contributed by atoms with van der Waals surface area (Å²) in [5.74, 6) is 0.0665. The van der Waals surface area contributed by atoms with Crippen molar-refractivity contribution in [2.75, 3.05) is 5.32 Å². The average Bonchev–Trinajstić information content (AvgIpc) is 2.88. The van der Waals surface area contributed by atoms with Gasteiger partial charge in [-0.05, 0) is 65.0 Å². The standard InChI is InChI=1S/C16H15BrClF2N5/c1-9(19)2-3-10-6-13-15(23-16(18)24-25(13)14(10)17)22-7-11-4-5-21-8-12(11)20/h4-6,8-9H,2-3,7H2,1H3,(H,22,23,24). The van der Waals surface area contributed by atoms with E-state index in [9.17, 15) is 8.78 Å². The summed E-state index contributed by atoms with van der Waals surface area (Å²) in [4.78, 5) is 7.91. The Kier molecular flexibility index (Phi) is 5.48. The van der Waals surface area contributed by atoms with Crippen LogP contribution >= 0.6 is 27.5 Å². The quantitative estimate of drug-likeness (QED) is 0.622. The van der Waals surface area contributed by atoms with Gasteiger partial charge in [-0.2, -0.15) is 4.98 Å². The Bertz CT molecular complexity index is 900. The van der Waals surface area contributed by atoms with Gasteiger partial charge in [-0.15, -0.1) is 5.10 Å². The fourth-order valence-corrected chi connectivity index (χ4v) is 3.18. The SMILES string of the molecule is CC(F)CCc1cc2c(NCc3ccncc3F)nc(Cl)nn2c1Br. The van der Waals surface area contributed by atoms with Gasteiger partial charge in [-0.3, -0.25) is 4.98 Å². The molecule has 3 rings (SSSR count). The van der Waals surface area contributed by atoms with Crippen LogP contribution in [0.15, 0.2) is 29.1 Å². The van der Waals surface area contributed by atoms with E-state index in [0.717, 1.165) is 11.8 Å². The molecule has 9 heteroatoms. The van der Waals surface area contributed by atoms with Crippen molar-refractivity contribution in [2.45, 2.75) is 32.5 Å². The fraction of sp³-hybridized carbons (Fsp3) is 0.312. The van der Waals surface area contributed by atoms with Crippen molar-refractivity contribution in [1.29, 1.82) is 0 Å². The van der Waals surface area contributed by atoms with Crippen molar-refractivity contribution in [3.8, 4) is 0 Å². The average molecular weight is 431 g/mol. The first-order valence-corrected chi connectivity index (χ1v) is 8.82.